The maximum absolute atomic E-state index is 12.0. The minimum Gasteiger partial charge on any atom is -0.324 e. The summed E-state index contributed by atoms with van der Waals surface area (Å²) in [5, 5.41) is 21.5. The molecule has 0 radical (unpaired) electrons. The van der Waals surface area contributed by atoms with Gasteiger partial charge in [0.2, 0.25) is 5.95 Å². The molecular formula is C14H17N5O3. The number of hydrogen-bond donors (Lipinski definition) is 2. The Balaban J connectivity index is 2.30. The van der Waals surface area contributed by atoms with E-state index in [1.807, 2.05) is 20.8 Å². The molecule has 0 saturated carbocycles. The van der Waals surface area contributed by atoms with E-state index in [2.05, 4.69) is 20.5 Å². The van der Waals surface area contributed by atoms with Crippen molar-refractivity contribution in [1.82, 2.24) is 15.2 Å². The van der Waals surface area contributed by atoms with E-state index in [0.29, 0.717) is 16.9 Å². The van der Waals surface area contributed by atoms with Crippen LogP contribution < -0.4 is 10.9 Å². The van der Waals surface area contributed by atoms with Gasteiger partial charge in [-0.15, -0.1) is 10.2 Å². The summed E-state index contributed by atoms with van der Waals surface area (Å²) in [7, 11) is 0. The number of H-pyrrole nitrogens is 1. The van der Waals surface area contributed by atoms with Crippen molar-refractivity contribution >= 4 is 17.3 Å². The summed E-state index contributed by atoms with van der Waals surface area (Å²) in [5.74, 6) is 0.190. The highest BCUT2D eigenvalue weighted by Crippen LogP contribution is 2.23. The molecular weight excluding hydrogens is 286 g/mol. The number of nitrogens with one attached hydrogen (secondary N) is 2. The topological polar surface area (TPSA) is 114 Å². The third-order valence-electron chi connectivity index (χ3n) is 3.08. The van der Waals surface area contributed by atoms with E-state index in [1.165, 1.54) is 12.1 Å². The standard InChI is InChI=1S/C14H17N5O3/c1-8-7-9(19(21)22)5-6-10(8)15-13-16-12(20)11(17-18-13)14(2,3)4/h5-7H,1-4H3,(H2,15,16,18,20). The Labute approximate surface area is 126 Å². The lowest BCUT2D eigenvalue weighted by Crippen LogP contribution is -2.28. The van der Waals surface area contributed by atoms with Crippen molar-refractivity contribution in [3.63, 3.8) is 0 Å². The summed E-state index contributed by atoms with van der Waals surface area (Å²) in [5.41, 5.74) is 0.909. The third kappa shape index (κ3) is 3.27. The molecule has 0 amide bonds. The van der Waals surface area contributed by atoms with Crippen LogP contribution in [0.4, 0.5) is 17.3 Å². The number of rotatable bonds is 3. The third-order valence-corrected chi connectivity index (χ3v) is 3.08. The minimum atomic E-state index is -0.462. The largest absolute Gasteiger partial charge is 0.324 e. The number of aromatic nitrogens is 3. The number of aryl methyl sites for hydroxylation is 1. The van der Waals surface area contributed by atoms with E-state index in [0.717, 1.165) is 0 Å². The molecule has 2 N–H and O–H groups in total. The number of nitro groups is 1. The van der Waals surface area contributed by atoms with Crippen molar-refractivity contribution in [3.8, 4) is 0 Å². The molecule has 0 saturated heterocycles. The maximum atomic E-state index is 12.0. The van der Waals surface area contributed by atoms with E-state index in [-0.39, 0.29) is 17.2 Å². The van der Waals surface area contributed by atoms with Crippen molar-refractivity contribution in [3.05, 3.63) is 49.9 Å². The van der Waals surface area contributed by atoms with E-state index in [9.17, 15) is 14.9 Å². The Morgan fingerprint density at radius 2 is 1.95 bits per heavy atom. The van der Waals surface area contributed by atoms with Gasteiger partial charge in [0, 0.05) is 23.2 Å². The predicted octanol–water partition coefficient (Wildman–Crippen LogP) is 2.42. The average Bonchev–Trinajstić information content (AvgIpc) is 2.39. The zero-order valence-corrected chi connectivity index (χ0v) is 12.8. The van der Waals surface area contributed by atoms with Gasteiger partial charge in [-0.1, -0.05) is 20.8 Å². The van der Waals surface area contributed by atoms with Crippen LogP contribution in [-0.2, 0) is 5.41 Å². The lowest BCUT2D eigenvalue weighted by atomic mass is 9.93. The molecule has 8 nitrogen and oxygen atoms in total. The Kier molecular flexibility index (Phi) is 3.94. The summed E-state index contributed by atoms with van der Waals surface area (Å²) in [6.45, 7) is 7.35. The molecule has 1 aromatic carbocycles. The predicted molar refractivity (Wildman–Crippen MR) is 82.5 cm³/mol. The van der Waals surface area contributed by atoms with Crippen LogP contribution in [-0.4, -0.2) is 20.1 Å². The molecule has 0 spiro atoms. The summed E-state index contributed by atoms with van der Waals surface area (Å²) >= 11 is 0. The number of nitro benzene ring substituents is 1. The van der Waals surface area contributed by atoms with E-state index < -0.39 is 10.3 Å². The molecule has 1 aromatic heterocycles. The molecule has 22 heavy (non-hydrogen) atoms. The van der Waals surface area contributed by atoms with Crippen LogP contribution in [0, 0.1) is 17.0 Å². The summed E-state index contributed by atoms with van der Waals surface area (Å²) in [6, 6.07) is 4.38. The van der Waals surface area contributed by atoms with Crippen LogP contribution in [0.15, 0.2) is 23.0 Å². The molecule has 0 aliphatic rings. The number of benzene rings is 1. The van der Waals surface area contributed by atoms with E-state index in [4.69, 9.17) is 0 Å². The molecule has 0 unspecified atom stereocenters. The first-order valence-corrected chi connectivity index (χ1v) is 6.68. The monoisotopic (exact) mass is 303 g/mol. The highest BCUT2D eigenvalue weighted by Gasteiger charge is 2.20. The van der Waals surface area contributed by atoms with Gasteiger partial charge in [-0.3, -0.25) is 19.9 Å². The van der Waals surface area contributed by atoms with Gasteiger partial charge >= 0.3 is 0 Å². The quantitative estimate of drug-likeness (QED) is 0.665. The smallest absolute Gasteiger partial charge is 0.274 e. The molecule has 116 valence electrons. The number of anilines is 2. The number of aromatic amines is 1. The lowest BCUT2D eigenvalue weighted by Gasteiger charge is -2.15. The molecule has 0 aliphatic carbocycles. The highest BCUT2D eigenvalue weighted by atomic mass is 16.6. The van der Waals surface area contributed by atoms with Gasteiger partial charge in [-0.2, -0.15) is 0 Å². The van der Waals surface area contributed by atoms with Crippen molar-refractivity contribution in [2.24, 2.45) is 0 Å². The first kappa shape index (κ1) is 15.6. The maximum Gasteiger partial charge on any atom is 0.274 e. The first-order valence-electron chi connectivity index (χ1n) is 6.68. The van der Waals surface area contributed by atoms with Gasteiger partial charge in [-0.25, -0.2) is 0 Å². The van der Waals surface area contributed by atoms with Crippen LogP contribution >= 0.6 is 0 Å². The van der Waals surface area contributed by atoms with Crippen molar-refractivity contribution in [2.75, 3.05) is 5.32 Å². The van der Waals surface area contributed by atoms with Crippen LogP contribution in [0.25, 0.3) is 0 Å². The van der Waals surface area contributed by atoms with Crippen LogP contribution in [0.3, 0.4) is 0 Å². The average molecular weight is 303 g/mol. The zero-order valence-electron chi connectivity index (χ0n) is 12.8. The molecule has 0 bridgehead atoms. The Morgan fingerprint density at radius 3 is 2.45 bits per heavy atom. The Morgan fingerprint density at radius 1 is 1.27 bits per heavy atom. The van der Waals surface area contributed by atoms with Crippen molar-refractivity contribution in [1.29, 1.82) is 0 Å². The number of non-ortho nitro benzene ring substituents is 1. The Bertz CT molecular complexity index is 777. The van der Waals surface area contributed by atoms with Crippen LogP contribution in [0.2, 0.25) is 0 Å². The normalized spacial score (nSPS) is 11.3. The van der Waals surface area contributed by atoms with Gasteiger partial charge < -0.3 is 5.32 Å². The summed E-state index contributed by atoms with van der Waals surface area (Å²) in [4.78, 5) is 24.9. The lowest BCUT2D eigenvalue weighted by molar-refractivity contribution is -0.384. The van der Waals surface area contributed by atoms with Gasteiger partial charge in [0.25, 0.3) is 11.2 Å². The van der Waals surface area contributed by atoms with Crippen molar-refractivity contribution < 1.29 is 4.92 Å². The van der Waals surface area contributed by atoms with Gasteiger partial charge in [-0.05, 0) is 18.6 Å². The second-order valence-corrected chi connectivity index (χ2v) is 5.98. The number of nitrogens with zero attached hydrogens (tertiary/aromatic N) is 3. The molecule has 1 heterocycles. The molecule has 2 rings (SSSR count). The fourth-order valence-electron chi connectivity index (χ4n) is 1.91. The molecule has 2 aromatic rings. The summed E-state index contributed by atoms with van der Waals surface area (Å²) in [6.07, 6.45) is 0. The van der Waals surface area contributed by atoms with Gasteiger partial charge in [0.05, 0.1) is 4.92 Å². The van der Waals surface area contributed by atoms with Gasteiger partial charge in [0.1, 0.15) is 5.69 Å². The van der Waals surface area contributed by atoms with Gasteiger partial charge in [0.15, 0.2) is 0 Å². The second-order valence-electron chi connectivity index (χ2n) is 5.98. The van der Waals surface area contributed by atoms with Crippen LogP contribution in [0.5, 0.6) is 0 Å². The molecule has 0 atom stereocenters. The Hall–Kier alpha value is -2.77. The highest BCUT2D eigenvalue weighted by molar-refractivity contribution is 5.60. The molecule has 0 fully saturated rings. The van der Waals surface area contributed by atoms with Crippen LogP contribution in [0.1, 0.15) is 32.0 Å². The number of hydrogen-bond acceptors (Lipinski definition) is 6. The molecule has 8 heteroatoms. The molecule has 0 aliphatic heterocycles. The minimum absolute atomic E-state index is 0.00529. The fourth-order valence-corrected chi connectivity index (χ4v) is 1.91. The zero-order chi connectivity index (χ0) is 16.5. The van der Waals surface area contributed by atoms with E-state index in [1.54, 1.807) is 13.0 Å². The second kappa shape index (κ2) is 5.55. The van der Waals surface area contributed by atoms with E-state index >= 15 is 0 Å². The fraction of sp³-hybridized carbons (Fsp3) is 0.357. The first-order chi connectivity index (χ1) is 10.2. The summed E-state index contributed by atoms with van der Waals surface area (Å²) < 4.78 is 0. The van der Waals surface area contributed by atoms with Crippen molar-refractivity contribution in [2.45, 2.75) is 33.1 Å². The SMILES string of the molecule is Cc1cc([N+](=O)[O-])ccc1Nc1nnc(C(C)(C)C)c(=O)[nH]1.